The van der Waals surface area contributed by atoms with Gasteiger partial charge in [-0.05, 0) is 123 Å². The van der Waals surface area contributed by atoms with Crippen LogP contribution in [0.1, 0.15) is 148 Å². The number of carbonyl (C=O) groups excluding carboxylic acids is 5. The Labute approximate surface area is 530 Å². The van der Waals surface area contributed by atoms with Gasteiger partial charge in [0.1, 0.15) is 12.6 Å². The van der Waals surface area contributed by atoms with E-state index in [1.807, 2.05) is 90.4 Å². The first-order valence-electron chi connectivity index (χ1n) is 32.4. The average molecular weight is 1240 g/mol. The van der Waals surface area contributed by atoms with E-state index in [4.69, 9.17) is 9.47 Å². The van der Waals surface area contributed by atoms with Gasteiger partial charge >= 0.3 is 0 Å². The van der Waals surface area contributed by atoms with Gasteiger partial charge in [0.25, 0.3) is 11.5 Å². The number of Topliss-reactive ketones (excluding diaryl/α,β-unsaturated/α-hetero) is 1. The van der Waals surface area contributed by atoms with Gasteiger partial charge < -0.3 is 45.3 Å². The summed E-state index contributed by atoms with van der Waals surface area (Å²) >= 11 is 1.58. The second-order valence-electron chi connectivity index (χ2n) is 25.8. The lowest BCUT2D eigenvalue weighted by molar-refractivity contribution is -0.146. The van der Waals surface area contributed by atoms with Gasteiger partial charge in [-0.3, -0.25) is 38.6 Å². The number of pyridine rings is 1. The van der Waals surface area contributed by atoms with Crippen LogP contribution in [-0.4, -0.2) is 156 Å². The highest BCUT2D eigenvalue weighted by molar-refractivity contribution is 7.13. The normalized spacial score (nSPS) is 17.2. The number of aliphatic hydroxyl groups excluding tert-OH is 1. The quantitative estimate of drug-likeness (QED) is 0.0271. The average Bonchev–Trinajstić information content (AvgIpc) is 1.90. The molecule has 18 nitrogen and oxygen atoms in total. The summed E-state index contributed by atoms with van der Waals surface area (Å²) in [6.45, 7) is 24.0. The number of hydrogen-bond donors (Lipinski definition) is 5. The lowest BCUT2D eigenvalue weighted by Crippen LogP contribution is -2.50. The van der Waals surface area contributed by atoms with Crippen molar-refractivity contribution in [1.82, 2.24) is 40.6 Å². The number of aryl methyl sites for hydroxylation is 3. The van der Waals surface area contributed by atoms with E-state index >= 15 is 0 Å². The van der Waals surface area contributed by atoms with Crippen molar-refractivity contribution in [3.8, 4) is 21.6 Å². The largest absolute Gasteiger partial charge is 0.391 e. The molecule has 3 aliphatic rings. The van der Waals surface area contributed by atoms with Crippen molar-refractivity contribution >= 4 is 46.4 Å². The topological polar surface area (TPSA) is 219 Å². The fraction of sp³-hybridized carbons (Fsp3) is 0.557. The summed E-state index contributed by atoms with van der Waals surface area (Å²) < 4.78 is 11.5. The number of carbonyl (C=O) groups is 5. The van der Waals surface area contributed by atoms with Gasteiger partial charge in [-0.15, -0.1) is 11.3 Å². The Morgan fingerprint density at radius 1 is 0.809 bits per heavy atom. The fourth-order valence-electron chi connectivity index (χ4n) is 12.7. The number of unbranched alkanes of at least 4 members (excludes halogenated alkanes) is 6. The Morgan fingerprint density at radius 2 is 1.47 bits per heavy atom. The van der Waals surface area contributed by atoms with Crippen LogP contribution >= 0.6 is 11.3 Å². The third-order valence-corrected chi connectivity index (χ3v) is 18.9. The van der Waals surface area contributed by atoms with Crippen molar-refractivity contribution in [2.75, 3.05) is 83.7 Å². The molecule has 1 unspecified atom stereocenters. The predicted octanol–water partition coefficient (Wildman–Crippen LogP) is 9.22. The van der Waals surface area contributed by atoms with Crippen LogP contribution in [0.25, 0.3) is 21.6 Å². The van der Waals surface area contributed by atoms with Crippen molar-refractivity contribution in [3.05, 3.63) is 127 Å². The number of hydrogen-bond acceptors (Lipinski definition) is 14. The van der Waals surface area contributed by atoms with E-state index in [1.54, 1.807) is 11.3 Å². The zero-order chi connectivity index (χ0) is 63.6. The predicted molar refractivity (Wildman–Crippen MR) is 352 cm³/mol. The third-order valence-electron chi connectivity index (χ3n) is 18.0. The number of β-amino-alcohol motifs (C(OH)–C–C–N with tert-alkyl or cyclic N) is 1. The van der Waals surface area contributed by atoms with Gasteiger partial charge in [-0.2, -0.15) is 0 Å². The Kier molecular flexibility index (Phi) is 25.3. The number of aliphatic hydroxyl groups is 1. The van der Waals surface area contributed by atoms with Crippen LogP contribution in [0, 0.1) is 39.0 Å². The van der Waals surface area contributed by atoms with E-state index in [1.165, 1.54) is 10.5 Å². The van der Waals surface area contributed by atoms with Crippen molar-refractivity contribution in [2.24, 2.45) is 11.3 Å². The molecule has 2 aromatic heterocycles. The molecule has 482 valence electrons. The van der Waals surface area contributed by atoms with Gasteiger partial charge in [-0.1, -0.05) is 101 Å². The van der Waals surface area contributed by atoms with Crippen molar-refractivity contribution in [1.29, 1.82) is 0 Å². The fourth-order valence-corrected chi connectivity index (χ4v) is 13.5. The van der Waals surface area contributed by atoms with Gasteiger partial charge in [0.05, 0.1) is 28.7 Å². The number of benzene rings is 3. The van der Waals surface area contributed by atoms with Crippen LogP contribution < -0.4 is 26.4 Å². The number of anilines is 1. The summed E-state index contributed by atoms with van der Waals surface area (Å²) in [7, 11) is 0. The van der Waals surface area contributed by atoms with Crippen LogP contribution in [0.2, 0.25) is 0 Å². The molecule has 3 saturated heterocycles. The van der Waals surface area contributed by atoms with Crippen molar-refractivity contribution in [3.63, 3.8) is 0 Å². The highest BCUT2D eigenvalue weighted by atomic mass is 32.1. The zero-order valence-electron chi connectivity index (χ0n) is 54.0. The molecule has 0 spiro atoms. The first-order valence-corrected chi connectivity index (χ1v) is 33.3. The van der Waals surface area contributed by atoms with Crippen LogP contribution in [0.15, 0.2) is 77.0 Å². The number of nitrogens with zero attached hydrogens (tertiary/aromatic N) is 5. The first-order chi connectivity index (χ1) is 42.8. The molecule has 3 aliphatic heterocycles. The number of likely N-dealkylation sites (tertiary alicyclic amines) is 1. The summed E-state index contributed by atoms with van der Waals surface area (Å²) in [4.78, 5) is 97.5. The molecule has 0 aliphatic carbocycles. The molecule has 19 heteroatoms. The van der Waals surface area contributed by atoms with E-state index in [2.05, 4.69) is 77.9 Å². The summed E-state index contributed by atoms with van der Waals surface area (Å²) in [5.74, 6) is -1.62. The minimum atomic E-state index is -0.831. The molecule has 4 amide bonds. The van der Waals surface area contributed by atoms with Gasteiger partial charge in [0, 0.05) is 133 Å². The minimum Gasteiger partial charge on any atom is -0.391 e. The number of piperazine rings is 1. The second kappa shape index (κ2) is 32.9. The van der Waals surface area contributed by atoms with Crippen LogP contribution in [0.3, 0.4) is 0 Å². The molecule has 3 aromatic carbocycles. The Balaban J connectivity index is 0.682. The highest BCUT2D eigenvalue weighted by Gasteiger charge is 2.44. The Morgan fingerprint density at radius 3 is 2.13 bits per heavy atom. The van der Waals surface area contributed by atoms with Crippen molar-refractivity contribution < 1.29 is 38.6 Å². The lowest BCUT2D eigenvalue weighted by atomic mass is 9.77. The molecule has 89 heavy (non-hydrogen) atoms. The minimum absolute atomic E-state index is 0.00456. The second-order valence-corrected chi connectivity index (χ2v) is 26.6. The molecule has 5 heterocycles. The van der Waals surface area contributed by atoms with E-state index in [9.17, 15) is 33.9 Å². The van der Waals surface area contributed by atoms with Gasteiger partial charge in [0.15, 0.2) is 5.78 Å². The molecular weight excluding hydrogens is 1140 g/mol. The van der Waals surface area contributed by atoms with Crippen molar-refractivity contribution in [2.45, 2.75) is 164 Å². The molecule has 8 rings (SSSR count). The molecular formula is C70H97N9O9S. The van der Waals surface area contributed by atoms with E-state index in [-0.39, 0.29) is 74.1 Å². The molecule has 3 atom stereocenters. The smallest absolute Gasteiger partial charge is 0.253 e. The molecule has 0 saturated carbocycles. The van der Waals surface area contributed by atoms with Crippen LogP contribution in [0.5, 0.6) is 0 Å². The number of thiazole rings is 1. The Hall–Kier alpha value is -6.61. The van der Waals surface area contributed by atoms with E-state index in [0.29, 0.717) is 50.1 Å². The number of ether oxygens (including phenoxy) is 2. The van der Waals surface area contributed by atoms with Gasteiger partial charge in [-0.25, -0.2) is 4.98 Å². The maximum Gasteiger partial charge on any atom is 0.253 e. The molecule has 0 bridgehead atoms. The molecule has 5 N–H and O–H groups in total. The number of nitrogens with one attached hydrogen (secondary N) is 4. The lowest BCUT2D eigenvalue weighted by Gasteiger charge is -2.37. The number of ketones is 1. The SMILES string of the molecule is CCN(c1cc(-c2ccc(CN3CCN(CC(=O)NCCCCCCCCCOCC(=O)C[C@H](C(=O)N4C[C@H](O)CC4C(=O)NCc4ccc(-c5scnc5C)cc4)C(C)(C)C)CC3)cc2)cc(C(=O)NCc2c(C)cc(C)[nH]c2=O)c1C)C1CCOCC1. The number of H-pyrrole nitrogens is 1. The monoisotopic (exact) mass is 1240 g/mol. The van der Waals surface area contributed by atoms with Crippen LogP contribution in [-0.2, 0) is 48.3 Å². The summed E-state index contributed by atoms with van der Waals surface area (Å²) in [6, 6.07) is 22.2. The number of amides is 4. The molecule has 5 aromatic rings. The summed E-state index contributed by atoms with van der Waals surface area (Å²) in [5.41, 5.74) is 11.9. The summed E-state index contributed by atoms with van der Waals surface area (Å²) in [5, 5.41) is 19.8. The standard InChI is InChI=1S/C70H97N9O9S/c1-9-78(56-25-33-87-34-26-56)62-37-55(36-59(49(62)4)66(83)73-41-60-47(2)35-48(3)75-67(60)84)53-21-19-52(20-22-53)42-76-28-30-77(31-29-76)44-64(82)71-27-15-13-11-10-12-14-16-32-88-45-58(81)38-61(70(6,7)8)69(86)79-43-57(80)39-63(79)68(85)72-40-51-17-23-54(24-18-51)65-50(5)74-46-89-65/h17-24,35-37,46,56-57,61,63,80H,9-16,25-34,38-45H2,1-8H3,(H,71,82)(H,72,85)(H,73,83)(H,75,84)/t57-,61-,63?/m1/s1. The first kappa shape index (κ1) is 68.3. The summed E-state index contributed by atoms with van der Waals surface area (Å²) in [6.07, 6.45) is 8.19. The van der Waals surface area contributed by atoms with E-state index < -0.39 is 23.5 Å². The number of aromatic nitrogens is 2. The number of aromatic amines is 1. The van der Waals surface area contributed by atoms with Crippen LogP contribution in [0.4, 0.5) is 5.69 Å². The molecule has 0 radical (unpaired) electrons. The third kappa shape index (κ3) is 19.5. The highest BCUT2D eigenvalue weighted by Crippen LogP contribution is 2.36. The zero-order valence-corrected chi connectivity index (χ0v) is 54.8. The maximum absolute atomic E-state index is 14.1. The maximum atomic E-state index is 14.1. The number of rotatable bonds is 30. The molecule has 3 fully saturated rings. The van der Waals surface area contributed by atoms with Gasteiger partial charge in [0.2, 0.25) is 17.7 Å². The van der Waals surface area contributed by atoms with E-state index in [0.717, 1.165) is 152 Å². The Bertz CT molecular complexity index is 3220.